The van der Waals surface area contributed by atoms with Crippen molar-refractivity contribution in [3.63, 3.8) is 0 Å². The Kier molecular flexibility index (Phi) is 6.52. The second-order valence-corrected chi connectivity index (χ2v) is 12.1. The zero-order valence-electron chi connectivity index (χ0n) is 24.2. The maximum absolute atomic E-state index is 5.11. The molecule has 0 saturated carbocycles. The number of piperidine rings is 2. The molecule has 0 radical (unpaired) electrons. The molecule has 3 heterocycles. The maximum atomic E-state index is 5.11. The van der Waals surface area contributed by atoms with Gasteiger partial charge in [-0.3, -0.25) is 4.98 Å². The second-order valence-electron chi connectivity index (χ2n) is 12.1. The Hall–Kier alpha value is -4.37. The van der Waals surface area contributed by atoms with Gasteiger partial charge in [-0.15, -0.1) is 0 Å². The highest BCUT2D eigenvalue weighted by Gasteiger charge is 2.22. The molecular weight excluding hydrogens is 510 g/mol. The summed E-state index contributed by atoms with van der Waals surface area (Å²) in [6.45, 7) is 4.53. The molecular formula is C39H37N3. The van der Waals surface area contributed by atoms with E-state index in [2.05, 4.69) is 107 Å². The van der Waals surface area contributed by atoms with E-state index in [-0.39, 0.29) is 0 Å². The summed E-state index contributed by atoms with van der Waals surface area (Å²) in [5.74, 6) is 0. The number of hydrogen-bond acceptors (Lipinski definition) is 3. The number of benzene rings is 5. The highest BCUT2D eigenvalue weighted by molar-refractivity contribution is 6.23. The van der Waals surface area contributed by atoms with Gasteiger partial charge >= 0.3 is 0 Å². The van der Waals surface area contributed by atoms with Crippen LogP contribution in [0.4, 0.5) is 11.4 Å². The molecule has 1 aromatic heterocycles. The van der Waals surface area contributed by atoms with E-state index in [1.165, 1.54) is 98.9 Å². The van der Waals surface area contributed by atoms with Gasteiger partial charge in [0.1, 0.15) is 0 Å². The summed E-state index contributed by atoms with van der Waals surface area (Å²) in [7, 11) is 0. The highest BCUT2D eigenvalue weighted by Crippen LogP contribution is 2.46. The summed E-state index contributed by atoms with van der Waals surface area (Å²) >= 11 is 0. The third kappa shape index (κ3) is 4.39. The average molecular weight is 548 g/mol. The van der Waals surface area contributed by atoms with Crippen molar-refractivity contribution in [2.45, 2.75) is 38.5 Å². The van der Waals surface area contributed by atoms with Crippen LogP contribution in [0.5, 0.6) is 0 Å². The molecule has 0 unspecified atom stereocenters. The first kappa shape index (κ1) is 25.3. The third-order valence-electron chi connectivity index (χ3n) is 9.50. The number of fused-ring (bicyclic) bond motifs is 3. The topological polar surface area (TPSA) is 19.4 Å². The van der Waals surface area contributed by atoms with E-state index in [0.717, 1.165) is 31.9 Å². The fourth-order valence-corrected chi connectivity index (χ4v) is 7.39. The average Bonchev–Trinajstić information content (AvgIpc) is 3.07. The summed E-state index contributed by atoms with van der Waals surface area (Å²) in [6, 6.07) is 36.3. The quantitative estimate of drug-likeness (QED) is 0.205. The molecule has 0 aliphatic carbocycles. The first-order valence-electron chi connectivity index (χ1n) is 15.8. The van der Waals surface area contributed by atoms with Crippen LogP contribution in [0, 0.1) is 0 Å². The lowest BCUT2D eigenvalue weighted by atomic mass is 9.85. The van der Waals surface area contributed by atoms with Crippen LogP contribution in [0.25, 0.3) is 54.7 Å². The van der Waals surface area contributed by atoms with Crippen molar-refractivity contribution in [3.05, 3.63) is 103 Å². The Bertz CT molecular complexity index is 1890. The lowest BCUT2D eigenvalue weighted by molar-refractivity contribution is 0.578. The molecule has 0 bridgehead atoms. The smallest absolute Gasteiger partial charge is 0.0792 e. The van der Waals surface area contributed by atoms with Crippen LogP contribution in [0.15, 0.2) is 103 Å². The van der Waals surface area contributed by atoms with Crippen LogP contribution in [-0.4, -0.2) is 31.2 Å². The van der Waals surface area contributed by atoms with Crippen LogP contribution < -0.4 is 9.80 Å². The van der Waals surface area contributed by atoms with Gasteiger partial charge in [-0.05, 0) is 107 Å². The molecule has 3 heteroatoms. The number of aromatic nitrogens is 1. The normalized spacial score (nSPS) is 16.0. The van der Waals surface area contributed by atoms with Crippen molar-refractivity contribution in [2.24, 2.45) is 0 Å². The predicted octanol–water partition coefficient (Wildman–Crippen LogP) is 9.86. The van der Waals surface area contributed by atoms with Crippen molar-refractivity contribution < 1.29 is 0 Å². The zero-order chi connectivity index (χ0) is 27.9. The van der Waals surface area contributed by atoms with Gasteiger partial charge in [0.25, 0.3) is 0 Å². The van der Waals surface area contributed by atoms with Crippen LogP contribution in [0.2, 0.25) is 0 Å². The molecule has 2 saturated heterocycles. The first-order chi connectivity index (χ1) is 20.8. The molecule has 2 fully saturated rings. The Balaban J connectivity index is 1.49. The van der Waals surface area contributed by atoms with Gasteiger partial charge in [0.05, 0.1) is 5.69 Å². The Morgan fingerprint density at radius 2 is 1.02 bits per heavy atom. The third-order valence-corrected chi connectivity index (χ3v) is 9.50. The largest absolute Gasteiger partial charge is 0.372 e. The molecule has 2 aliphatic heterocycles. The van der Waals surface area contributed by atoms with E-state index >= 15 is 0 Å². The summed E-state index contributed by atoms with van der Waals surface area (Å²) in [6.07, 6.45) is 9.72. The van der Waals surface area contributed by atoms with Gasteiger partial charge in [-0.1, -0.05) is 66.7 Å². The number of nitrogens with zero attached hydrogens (tertiary/aromatic N) is 3. The van der Waals surface area contributed by atoms with Crippen LogP contribution in [-0.2, 0) is 0 Å². The van der Waals surface area contributed by atoms with Gasteiger partial charge < -0.3 is 9.80 Å². The monoisotopic (exact) mass is 547 g/mol. The molecule has 42 heavy (non-hydrogen) atoms. The number of anilines is 2. The molecule has 208 valence electrons. The summed E-state index contributed by atoms with van der Waals surface area (Å²) in [5.41, 5.74) is 7.58. The number of rotatable bonds is 4. The minimum atomic E-state index is 1.07. The Morgan fingerprint density at radius 1 is 0.452 bits per heavy atom. The molecule has 8 rings (SSSR count). The van der Waals surface area contributed by atoms with Gasteiger partial charge in [-0.2, -0.15) is 0 Å². The van der Waals surface area contributed by atoms with E-state index < -0.39 is 0 Å². The maximum Gasteiger partial charge on any atom is 0.0792 e. The van der Waals surface area contributed by atoms with Gasteiger partial charge in [-0.25, -0.2) is 0 Å². The molecule has 0 atom stereocenters. The van der Waals surface area contributed by atoms with Gasteiger partial charge in [0, 0.05) is 54.7 Å². The van der Waals surface area contributed by atoms with Crippen molar-refractivity contribution in [2.75, 3.05) is 36.0 Å². The van der Waals surface area contributed by atoms with Crippen molar-refractivity contribution in [3.8, 4) is 22.4 Å². The predicted molar refractivity (Wildman–Crippen MR) is 180 cm³/mol. The molecule has 0 spiro atoms. The summed E-state index contributed by atoms with van der Waals surface area (Å²) < 4.78 is 0. The van der Waals surface area contributed by atoms with Crippen LogP contribution in [0.3, 0.4) is 0 Å². The highest BCUT2D eigenvalue weighted by atomic mass is 15.1. The minimum absolute atomic E-state index is 1.07. The van der Waals surface area contributed by atoms with Crippen LogP contribution >= 0.6 is 0 Å². The van der Waals surface area contributed by atoms with Crippen molar-refractivity contribution in [1.29, 1.82) is 0 Å². The Morgan fingerprint density at radius 3 is 1.69 bits per heavy atom. The standard InChI is InChI=1S/C39H37N3/c1-4-13-29(14-5-1)37-33-18-16-31(42-24-10-3-11-25-42)27-36(33)38(39-32-15-7-6-12-28(32)20-21-40-39)34-19-17-30(26-35(34)37)41-22-8-2-9-23-41/h1,4-7,12-21,26-27H,2-3,8-11,22-25H2. The van der Waals surface area contributed by atoms with E-state index in [0.29, 0.717) is 0 Å². The fourth-order valence-electron chi connectivity index (χ4n) is 7.39. The molecule has 0 amide bonds. The van der Waals surface area contributed by atoms with E-state index in [1.54, 1.807) is 0 Å². The van der Waals surface area contributed by atoms with Crippen LogP contribution in [0.1, 0.15) is 38.5 Å². The van der Waals surface area contributed by atoms with Crippen molar-refractivity contribution in [1.82, 2.24) is 4.98 Å². The van der Waals surface area contributed by atoms with E-state index in [1.807, 2.05) is 6.20 Å². The molecule has 3 nitrogen and oxygen atoms in total. The van der Waals surface area contributed by atoms with Gasteiger partial charge in [0.15, 0.2) is 0 Å². The number of pyridine rings is 1. The fraction of sp³-hybridized carbons (Fsp3) is 0.256. The molecule has 2 aliphatic rings. The molecule has 0 N–H and O–H groups in total. The SMILES string of the molecule is c1ccc(-c2c3cc(N4CCCCC4)ccc3c(-c3nccc4ccccc34)c3cc(N4CCCCC4)ccc23)cc1. The Labute approximate surface area is 248 Å². The van der Waals surface area contributed by atoms with E-state index in [9.17, 15) is 0 Å². The second kappa shape index (κ2) is 10.8. The van der Waals surface area contributed by atoms with E-state index in [4.69, 9.17) is 4.98 Å². The lowest BCUT2D eigenvalue weighted by Crippen LogP contribution is -2.29. The zero-order valence-corrected chi connectivity index (χ0v) is 24.2. The summed E-state index contributed by atoms with van der Waals surface area (Å²) in [4.78, 5) is 10.3. The lowest BCUT2D eigenvalue weighted by Gasteiger charge is -2.30. The van der Waals surface area contributed by atoms with Crippen molar-refractivity contribution >= 4 is 43.7 Å². The number of hydrogen-bond donors (Lipinski definition) is 0. The minimum Gasteiger partial charge on any atom is -0.372 e. The molecule has 6 aromatic rings. The first-order valence-corrected chi connectivity index (χ1v) is 15.8. The summed E-state index contributed by atoms with van der Waals surface area (Å²) in [5, 5.41) is 7.62. The van der Waals surface area contributed by atoms with Gasteiger partial charge in [0.2, 0.25) is 0 Å². The molecule has 5 aromatic carbocycles.